The van der Waals surface area contributed by atoms with Gasteiger partial charge in [0.1, 0.15) is 4.88 Å². The molecule has 0 fully saturated rings. The van der Waals surface area contributed by atoms with E-state index in [1.807, 2.05) is 0 Å². The Morgan fingerprint density at radius 3 is 2.62 bits per heavy atom. The average molecular weight is 242 g/mol. The van der Waals surface area contributed by atoms with Crippen LogP contribution in [0.15, 0.2) is 5.51 Å². The second-order valence-corrected chi connectivity index (χ2v) is 5.03. The summed E-state index contributed by atoms with van der Waals surface area (Å²) in [5.41, 5.74) is 1.49. The van der Waals surface area contributed by atoms with E-state index >= 15 is 0 Å². The molecule has 0 bridgehead atoms. The highest BCUT2D eigenvalue weighted by atomic mass is 32.1. The number of aromatic nitrogens is 1. The second kappa shape index (κ2) is 4.61. The van der Waals surface area contributed by atoms with Crippen molar-refractivity contribution in [1.29, 1.82) is 0 Å². The molecular weight excluding hydrogens is 228 g/mol. The molecule has 0 saturated heterocycles. The normalized spacial score (nSPS) is 11.2. The number of carbonyl (C=O) groups excluding carboxylic acids is 1. The quantitative estimate of drug-likeness (QED) is 0.837. The lowest BCUT2D eigenvalue weighted by Crippen LogP contribution is -2.44. The van der Waals surface area contributed by atoms with Crippen molar-refractivity contribution in [3.05, 3.63) is 16.1 Å². The third kappa shape index (κ3) is 3.30. The molecule has 0 aromatic carbocycles. The maximum Gasteiger partial charge on any atom is 0.305 e. The zero-order valence-corrected chi connectivity index (χ0v) is 10.2. The summed E-state index contributed by atoms with van der Waals surface area (Å²) >= 11 is 1.25. The molecule has 2 N–H and O–H groups in total. The summed E-state index contributed by atoms with van der Waals surface area (Å²) in [4.78, 5) is 26.9. The highest BCUT2D eigenvalue weighted by Gasteiger charge is 2.25. The number of carboxylic acids is 1. The highest BCUT2D eigenvalue weighted by Crippen LogP contribution is 2.15. The number of hydrogen-bond donors (Lipinski definition) is 2. The third-order valence-corrected chi connectivity index (χ3v) is 2.92. The van der Waals surface area contributed by atoms with Gasteiger partial charge in [0.05, 0.1) is 17.6 Å². The number of aryl methyl sites for hydroxylation is 1. The fourth-order valence-electron chi connectivity index (χ4n) is 1.31. The van der Waals surface area contributed by atoms with Crippen LogP contribution in [0.4, 0.5) is 0 Å². The molecule has 0 spiro atoms. The van der Waals surface area contributed by atoms with E-state index in [4.69, 9.17) is 5.11 Å². The average Bonchev–Trinajstić information content (AvgIpc) is 2.47. The lowest BCUT2D eigenvalue weighted by atomic mass is 10.0. The SMILES string of the molecule is Cc1ncsc1C(=O)NC(C)(C)CC(=O)O. The molecule has 0 aliphatic rings. The summed E-state index contributed by atoms with van der Waals surface area (Å²) in [5.74, 6) is -1.21. The topological polar surface area (TPSA) is 79.3 Å². The molecule has 0 aliphatic heterocycles. The minimum Gasteiger partial charge on any atom is -0.481 e. The first-order chi connectivity index (χ1) is 7.32. The predicted octanol–water partition coefficient (Wildman–Crippen LogP) is 1.43. The van der Waals surface area contributed by atoms with Gasteiger partial charge >= 0.3 is 5.97 Å². The number of thiazole rings is 1. The van der Waals surface area contributed by atoms with E-state index < -0.39 is 11.5 Å². The van der Waals surface area contributed by atoms with E-state index in [0.29, 0.717) is 10.6 Å². The number of nitrogens with zero attached hydrogens (tertiary/aromatic N) is 1. The van der Waals surface area contributed by atoms with Crippen LogP contribution in [0, 0.1) is 6.92 Å². The molecule has 0 aliphatic carbocycles. The van der Waals surface area contributed by atoms with Gasteiger partial charge in [-0.2, -0.15) is 0 Å². The van der Waals surface area contributed by atoms with E-state index in [2.05, 4.69) is 10.3 Å². The summed E-state index contributed by atoms with van der Waals surface area (Å²) < 4.78 is 0. The van der Waals surface area contributed by atoms with Gasteiger partial charge in [0.2, 0.25) is 0 Å². The Labute approximate surface area is 97.5 Å². The van der Waals surface area contributed by atoms with Crippen LogP contribution < -0.4 is 5.32 Å². The van der Waals surface area contributed by atoms with Crippen LogP contribution in [-0.2, 0) is 4.79 Å². The van der Waals surface area contributed by atoms with Crippen molar-refractivity contribution in [1.82, 2.24) is 10.3 Å². The predicted molar refractivity (Wildman–Crippen MR) is 60.6 cm³/mol. The van der Waals surface area contributed by atoms with E-state index in [1.54, 1.807) is 26.3 Å². The van der Waals surface area contributed by atoms with Crippen molar-refractivity contribution < 1.29 is 14.7 Å². The minimum absolute atomic E-state index is 0.114. The molecule has 1 rings (SSSR count). The standard InChI is InChI=1S/C10H14N2O3S/c1-6-8(16-5-11-6)9(15)12-10(2,3)4-7(13)14/h5H,4H2,1-3H3,(H,12,15)(H,13,14). The molecule has 0 radical (unpaired) electrons. The summed E-state index contributed by atoms with van der Waals surface area (Å²) in [7, 11) is 0. The zero-order valence-electron chi connectivity index (χ0n) is 9.40. The molecule has 16 heavy (non-hydrogen) atoms. The monoisotopic (exact) mass is 242 g/mol. The molecule has 0 atom stereocenters. The maximum atomic E-state index is 11.8. The van der Waals surface area contributed by atoms with Crippen LogP contribution >= 0.6 is 11.3 Å². The number of hydrogen-bond acceptors (Lipinski definition) is 4. The van der Waals surface area contributed by atoms with Crippen molar-refractivity contribution in [2.24, 2.45) is 0 Å². The minimum atomic E-state index is -0.939. The Balaban J connectivity index is 2.71. The first kappa shape index (κ1) is 12.6. The Bertz CT molecular complexity index is 412. The van der Waals surface area contributed by atoms with Crippen LogP contribution in [0.1, 0.15) is 35.6 Å². The second-order valence-electron chi connectivity index (χ2n) is 4.18. The van der Waals surface area contributed by atoms with Gasteiger partial charge in [0, 0.05) is 5.54 Å². The molecule has 1 heterocycles. The first-order valence-corrected chi connectivity index (χ1v) is 5.64. The third-order valence-electron chi connectivity index (χ3n) is 2.00. The highest BCUT2D eigenvalue weighted by molar-refractivity contribution is 7.11. The Kier molecular flexibility index (Phi) is 3.64. The number of carbonyl (C=O) groups is 2. The van der Waals surface area contributed by atoms with Gasteiger partial charge in [-0.25, -0.2) is 4.98 Å². The van der Waals surface area contributed by atoms with Gasteiger partial charge in [-0.3, -0.25) is 9.59 Å². The number of nitrogens with one attached hydrogen (secondary N) is 1. The molecule has 88 valence electrons. The molecule has 1 aromatic heterocycles. The smallest absolute Gasteiger partial charge is 0.305 e. The number of amides is 1. The molecule has 0 saturated carbocycles. The van der Waals surface area contributed by atoms with E-state index in [-0.39, 0.29) is 12.3 Å². The Morgan fingerprint density at radius 1 is 1.56 bits per heavy atom. The largest absolute Gasteiger partial charge is 0.481 e. The fourth-order valence-corrected chi connectivity index (χ4v) is 2.00. The van der Waals surface area contributed by atoms with Crippen molar-refractivity contribution in [2.75, 3.05) is 0 Å². The van der Waals surface area contributed by atoms with Gasteiger partial charge in [-0.15, -0.1) is 11.3 Å². The van der Waals surface area contributed by atoms with Gasteiger partial charge in [0.25, 0.3) is 5.91 Å². The number of aliphatic carboxylic acids is 1. The van der Waals surface area contributed by atoms with Gasteiger partial charge in [0.15, 0.2) is 0 Å². The lowest BCUT2D eigenvalue weighted by Gasteiger charge is -2.23. The first-order valence-electron chi connectivity index (χ1n) is 4.76. The van der Waals surface area contributed by atoms with Crippen LogP contribution in [-0.4, -0.2) is 27.5 Å². The fraction of sp³-hybridized carbons (Fsp3) is 0.500. The summed E-state index contributed by atoms with van der Waals surface area (Å²) in [6.07, 6.45) is -0.114. The number of rotatable bonds is 4. The van der Waals surface area contributed by atoms with Crippen LogP contribution in [0.2, 0.25) is 0 Å². The summed E-state index contributed by atoms with van der Waals surface area (Å²) in [6, 6.07) is 0. The van der Waals surface area contributed by atoms with E-state index in [0.717, 1.165) is 0 Å². The van der Waals surface area contributed by atoms with Gasteiger partial charge in [-0.05, 0) is 20.8 Å². The maximum absolute atomic E-state index is 11.8. The van der Waals surface area contributed by atoms with Crippen molar-refractivity contribution in [2.45, 2.75) is 32.7 Å². The summed E-state index contributed by atoms with van der Waals surface area (Å²) in [6.45, 7) is 5.10. The molecule has 1 aromatic rings. The van der Waals surface area contributed by atoms with Crippen molar-refractivity contribution in [3.63, 3.8) is 0 Å². The molecule has 6 heteroatoms. The molecule has 1 amide bonds. The van der Waals surface area contributed by atoms with E-state index in [9.17, 15) is 9.59 Å². The van der Waals surface area contributed by atoms with Crippen molar-refractivity contribution >= 4 is 23.2 Å². The molecular formula is C10H14N2O3S. The van der Waals surface area contributed by atoms with Crippen LogP contribution in [0.5, 0.6) is 0 Å². The zero-order chi connectivity index (χ0) is 12.3. The Morgan fingerprint density at radius 2 is 2.19 bits per heavy atom. The van der Waals surface area contributed by atoms with Crippen LogP contribution in [0.25, 0.3) is 0 Å². The molecule has 0 unspecified atom stereocenters. The van der Waals surface area contributed by atoms with Gasteiger partial charge < -0.3 is 10.4 Å². The van der Waals surface area contributed by atoms with Crippen LogP contribution in [0.3, 0.4) is 0 Å². The lowest BCUT2D eigenvalue weighted by molar-refractivity contribution is -0.138. The van der Waals surface area contributed by atoms with Gasteiger partial charge in [-0.1, -0.05) is 0 Å². The summed E-state index contributed by atoms with van der Waals surface area (Å²) in [5, 5.41) is 11.4. The van der Waals surface area contributed by atoms with E-state index in [1.165, 1.54) is 11.3 Å². The van der Waals surface area contributed by atoms with Crippen molar-refractivity contribution in [3.8, 4) is 0 Å². The Hall–Kier alpha value is -1.43. The molecule has 5 nitrogen and oxygen atoms in total. The number of carboxylic acid groups (broad SMARTS) is 1.